The Morgan fingerprint density at radius 1 is 0.900 bits per heavy atom. The SMILES string of the molecule is O=C(c1cc(Cl)cc(Cl)c1)c1ccc2ncccc2c1. The van der Waals surface area contributed by atoms with E-state index in [-0.39, 0.29) is 5.78 Å². The first kappa shape index (κ1) is 13.1. The molecule has 0 radical (unpaired) electrons. The minimum Gasteiger partial charge on any atom is -0.289 e. The van der Waals surface area contributed by atoms with Crippen molar-refractivity contribution in [2.45, 2.75) is 0 Å². The van der Waals surface area contributed by atoms with Crippen LogP contribution in [0.3, 0.4) is 0 Å². The molecule has 0 bridgehead atoms. The molecule has 1 aromatic heterocycles. The highest BCUT2D eigenvalue weighted by atomic mass is 35.5. The van der Waals surface area contributed by atoms with Crippen molar-refractivity contribution in [3.05, 3.63) is 75.9 Å². The third-order valence-electron chi connectivity index (χ3n) is 2.99. The van der Waals surface area contributed by atoms with Crippen LogP contribution in [-0.4, -0.2) is 10.8 Å². The summed E-state index contributed by atoms with van der Waals surface area (Å²) in [6, 6.07) is 14.0. The van der Waals surface area contributed by atoms with Crippen LogP contribution in [-0.2, 0) is 0 Å². The van der Waals surface area contributed by atoms with Crippen molar-refractivity contribution in [1.29, 1.82) is 0 Å². The van der Waals surface area contributed by atoms with Crippen LogP contribution in [0.5, 0.6) is 0 Å². The number of fused-ring (bicyclic) bond motifs is 1. The average Bonchev–Trinajstić information content (AvgIpc) is 2.45. The molecule has 0 aliphatic heterocycles. The van der Waals surface area contributed by atoms with Gasteiger partial charge < -0.3 is 0 Å². The fraction of sp³-hybridized carbons (Fsp3) is 0. The topological polar surface area (TPSA) is 30.0 Å². The highest BCUT2D eigenvalue weighted by Crippen LogP contribution is 2.22. The summed E-state index contributed by atoms with van der Waals surface area (Å²) >= 11 is 11.9. The third-order valence-corrected chi connectivity index (χ3v) is 3.43. The van der Waals surface area contributed by atoms with Crippen LogP contribution in [0.25, 0.3) is 10.9 Å². The molecule has 0 fully saturated rings. The van der Waals surface area contributed by atoms with Crippen molar-refractivity contribution in [2.24, 2.45) is 0 Å². The van der Waals surface area contributed by atoms with Crippen LogP contribution < -0.4 is 0 Å². The van der Waals surface area contributed by atoms with Crippen molar-refractivity contribution in [2.75, 3.05) is 0 Å². The zero-order valence-electron chi connectivity index (χ0n) is 10.3. The van der Waals surface area contributed by atoms with E-state index in [4.69, 9.17) is 23.2 Å². The number of ketones is 1. The number of pyridine rings is 1. The van der Waals surface area contributed by atoms with Crippen molar-refractivity contribution in [3.8, 4) is 0 Å². The first-order valence-corrected chi connectivity index (χ1v) is 6.75. The van der Waals surface area contributed by atoms with Gasteiger partial charge in [-0.05, 0) is 42.5 Å². The lowest BCUT2D eigenvalue weighted by molar-refractivity contribution is 0.103. The van der Waals surface area contributed by atoms with Crippen molar-refractivity contribution >= 4 is 39.9 Å². The molecule has 0 saturated heterocycles. The van der Waals surface area contributed by atoms with E-state index in [9.17, 15) is 4.79 Å². The molecule has 0 saturated carbocycles. The van der Waals surface area contributed by atoms with Crippen molar-refractivity contribution in [3.63, 3.8) is 0 Å². The van der Waals surface area contributed by atoms with Crippen molar-refractivity contribution < 1.29 is 4.79 Å². The third kappa shape index (κ3) is 2.53. The Hall–Kier alpha value is -1.90. The smallest absolute Gasteiger partial charge is 0.193 e. The normalized spacial score (nSPS) is 10.7. The molecule has 2 nitrogen and oxygen atoms in total. The summed E-state index contributed by atoms with van der Waals surface area (Å²) in [5.74, 6) is -0.111. The number of benzene rings is 2. The lowest BCUT2D eigenvalue weighted by atomic mass is 10.0. The molecule has 20 heavy (non-hydrogen) atoms. The Bertz CT molecular complexity index is 794. The molecule has 98 valence electrons. The van der Waals surface area contributed by atoms with Gasteiger partial charge >= 0.3 is 0 Å². The van der Waals surface area contributed by atoms with Gasteiger partial charge in [0.15, 0.2) is 5.78 Å². The monoisotopic (exact) mass is 301 g/mol. The van der Waals surface area contributed by atoms with Gasteiger partial charge in [0, 0.05) is 32.8 Å². The van der Waals surface area contributed by atoms with Gasteiger partial charge in [0.05, 0.1) is 5.52 Å². The number of rotatable bonds is 2. The Labute approximate surface area is 126 Å². The van der Waals surface area contributed by atoms with Crippen LogP contribution >= 0.6 is 23.2 Å². The van der Waals surface area contributed by atoms with Crippen LogP contribution in [0.1, 0.15) is 15.9 Å². The minimum atomic E-state index is -0.111. The van der Waals surface area contributed by atoms with Gasteiger partial charge in [0.25, 0.3) is 0 Å². The van der Waals surface area contributed by atoms with E-state index in [1.165, 1.54) is 0 Å². The molecule has 0 aliphatic rings. The maximum atomic E-state index is 12.5. The zero-order chi connectivity index (χ0) is 14.1. The summed E-state index contributed by atoms with van der Waals surface area (Å²) in [6.07, 6.45) is 1.72. The predicted molar refractivity (Wildman–Crippen MR) is 81.6 cm³/mol. The van der Waals surface area contributed by atoms with Gasteiger partial charge in [0.1, 0.15) is 0 Å². The highest BCUT2D eigenvalue weighted by Gasteiger charge is 2.11. The van der Waals surface area contributed by atoms with Crippen LogP contribution in [0, 0.1) is 0 Å². The lowest BCUT2D eigenvalue weighted by Gasteiger charge is -2.04. The quantitative estimate of drug-likeness (QED) is 0.638. The molecule has 1 heterocycles. The summed E-state index contributed by atoms with van der Waals surface area (Å²) in [5, 5.41) is 1.82. The number of carbonyl (C=O) groups excluding carboxylic acids is 1. The van der Waals surface area contributed by atoms with Crippen LogP contribution in [0.15, 0.2) is 54.7 Å². The summed E-state index contributed by atoms with van der Waals surface area (Å²) in [7, 11) is 0. The molecule has 2 aromatic carbocycles. The standard InChI is InChI=1S/C16H9Cl2NO/c17-13-7-12(8-14(18)9-13)16(20)11-3-4-15-10(6-11)2-1-5-19-15/h1-9H. The van der Waals surface area contributed by atoms with E-state index in [0.717, 1.165) is 10.9 Å². The fourth-order valence-corrected chi connectivity index (χ4v) is 2.59. The maximum Gasteiger partial charge on any atom is 0.193 e. The first-order chi connectivity index (χ1) is 9.63. The highest BCUT2D eigenvalue weighted by molar-refractivity contribution is 6.35. The van der Waals surface area contributed by atoms with Gasteiger partial charge in [-0.2, -0.15) is 0 Å². The number of aromatic nitrogens is 1. The van der Waals surface area contributed by atoms with E-state index in [1.807, 2.05) is 24.3 Å². The molecule has 0 amide bonds. The molecular weight excluding hydrogens is 293 g/mol. The molecule has 3 rings (SSSR count). The predicted octanol–water partition coefficient (Wildman–Crippen LogP) is 4.77. The summed E-state index contributed by atoms with van der Waals surface area (Å²) in [6.45, 7) is 0. The summed E-state index contributed by atoms with van der Waals surface area (Å²) in [5.41, 5.74) is 1.92. The van der Waals surface area contributed by atoms with E-state index in [2.05, 4.69) is 4.98 Å². The number of hydrogen-bond acceptors (Lipinski definition) is 2. The molecule has 0 N–H and O–H groups in total. The van der Waals surface area contributed by atoms with Gasteiger partial charge in [-0.15, -0.1) is 0 Å². The number of hydrogen-bond donors (Lipinski definition) is 0. The first-order valence-electron chi connectivity index (χ1n) is 5.99. The second-order valence-corrected chi connectivity index (χ2v) is 5.27. The van der Waals surface area contributed by atoms with Gasteiger partial charge in [-0.1, -0.05) is 29.3 Å². The second-order valence-electron chi connectivity index (χ2n) is 4.40. The van der Waals surface area contributed by atoms with Crippen LogP contribution in [0.2, 0.25) is 10.0 Å². The Morgan fingerprint density at radius 2 is 1.65 bits per heavy atom. The molecular formula is C16H9Cl2NO. The van der Waals surface area contributed by atoms with Gasteiger partial charge in [-0.25, -0.2) is 0 Å². The summed E-state index contributed by atoms with van der Waals surface area (Å²) < 4.78 is 0. The Kier molecular flexibility index (Phi) is 3.43. The number of carbonyl (C=O) groups is 1. The van der Waals surface area contributed by atoms with E-state index in [1.54, 1.807) is 30.5 Å². The molecule has 3 aromatic rings. The molecule has 0 atom stereocenters. The fourth-order valence-electron chi connectivity index (χ4n) is 2.07. The lowest BCUT2D eigenvalue weighted by Crippen LogP contribution is -2.01. The maximum absolute atomic E-state index is 12.5. The average molecular weight is 302 g/mol. The molecule has 0 aliphatic carbocycles. The second kappa shape index (κ2) is 5.23. The zero-order valence-corrected chi connectivity index (χ0v) is 11.8. The van der Waals surface area contributed by atoms with E-state index in [0.29, 0.717) is 21.2 Å². The minimum absolute atomic E-state index is 0.111. The summed E-state index contributed by atoms with van der Waals surface area (Å²) in [4.78, 5) is 16.7. The van der Waals surface area contributed by atoms with Gasteiger partial charge in [0.2, 0.25) is 0 Å². The molecule has 4 heteroatoms. The van der Waals surface area contributed by atoms with E-state index < -0.39 is 0 Å². The largest absolute Gasteiger partial charge is 0.289 e. The molecule has 0 unspecified atom stereocenters. The van der Waals surface area contributed by atoms with Gasteiger partial charge in [-0.3, -0.25) is 9.78 Å². The molecule has 0 spiro atoms. The van der Waals surface area contributed by atoms with E-state index >= 15 is 0 Å². The number of nitrogens with zero attached hydrogens (tertiary/aromatic N) is 1. The van der Waals surface area contributed by atoms with Crippen molar-refractivity contribution in [1.82, 2.24) is 4.98 Å². The Balaban J connectivity index is 2.07. The van der Waals surface area contributed by atoms with Crippen LogP contribution in [0.4, 0.5) is 0 Å². The Morgan fingerprint density at radius 3 is 2.40 bits per heavy atom. The number of halogens is 2.